The summed E-state index contributed by atoms with van der Waals surface area (Å²) >= 11 is 0. The number of hydrogen-bond donors (Lipinski definition) is 4. The van der Waals surface area contributed by atoms with Crippen molar-refractivity contribution in [2.75, 3.05) is 0 Å². The van der Waals surface area contributed by atoms with Crippen LogP contribution in [0.15, 0.2) is 0 Å². The topological polar surface area (TPSA) is 113 Å². The van der Waals surface area contributed by atoms with E-state index in [-0.39, 0.29) is 0 Å². The number of carbonyl (C=O) groups is 1. The van der Waals surface area contributed by atoms with Gasteiger partial charge in [0, 0.05) is 0 Å². The van der Waals surface area contributed by atoms with Gasteiger partial charge < -0.3 is 25.8 Å². The minimum absolute atomic E-state index is 0.822. The van der Waals surface area contributed by atoms with Gasteiger partial charge in [-0.15, -0.1) is 0 Å². The predicted molar refractivity (Wildman–Crippen MR) is 36.7 cm³/mol. The summed E-state index contributed by atoms with van der Waals surface area (Å²) in [5.74, 6) is -3.67. The summed E-state index contributed by atoms with van der Waals surface area (Å²) in [4.78, 5) is 10.6. The average Bonchev–Trinajstić information content (AvgIpc) is 2.17. The highest BCUT2D eigenvalue weighted by atomic mass is 16.7. The van der Waals surface area contributed by atoms with E-state index >= 15 is 0 Å². The van der Waals surface area contributed by atoms with E-state index < -0.39 is 30.0 Å². The van der Waals surface area contributed by atoms with Crippen LogP contribution >= 0.6 is 0 Å². The van der Waals surface area contributed by atoms with Crippen LogP contribution in [0, 0.1) is 0 Å². The number of ether oxygens (including phenoxy) is 1. The molecule has 70 valence electrons. The second kappa shape index (κ2) is 2.67. The summed E-state index contributed by atoms with van der Waals surface area (Å²) in [6.45, 7) is 1.41. The van der Waals surface area contributed by atoms with Crippen LogP contribution in [-0.4, -0.2) is 45.3 Å². The molecule has 5 N–H and O–H groups in total. The van der Waals surface area contributed by atoms with Crippen molar-refractivity contribution >= 4 is 5.91 Å². The summed E-state index contributed by atoms with van der Waals surface area (Å²) in [6.07, 6.45) is -3.81. The number of carbonyl (C=O) groups excluding carboxylic acids is 1. The maximum Gasteiger partial charge on any atom is 0.280 e. The highest BCUT2D eigenvalue weighted by Crippen LogP contribution is 2.28. The third kappa shape index (κ3) is 1.09. The highest BCUT2D eigenvalue weighted by Gasteiger charge is 2.55. The van der Waals surface area contributed by atoms with E-state index in [1.807, 2.05) is 0 Å². The summed E-state index contributed by atoms with van der Waals surface area (Å²) in [5.41, 5.74) is 4.76. The molecule has 0 aromatic carbocycles. The Morgan fingerprint density at radius 2 is 2.08 bits per heavy atom. The first kappa shape index (κ1) is 9.40. The number of primary amides is 1. The Bertz CT molecular complexity index is 208. The van der Waals surface area contributed by atoms with Crippen LogP contribution in [-0.2, 0) is 9.53 Å². The number of amides is 1. The van der Waals surface area contributed by atoms with E-state index in [0.29, 0.717) is 0 Å². The Labute approximate surface area is 68.6 Å². The van der Waals surface area contributed by atoms with E-state index in [1.54, 1.807) is 0 Å². The molecule has 1 unspecified atom stereocenters. The van der Waals surface area contributed by atoms with E-state index in [4.69, 9.17) is 15.9 Å². The van der Waals surface area contributed by atoms with E-state index in [1.165, 1.54) is 6.92 Å². The van der Waals surface area contributed by atoms with Gasteiger partial charge in [-0.25, -0.2) is 0 Å². The van der Waals surface area contributed by atoms with Gasteiger partial charge in [-0.05, 0) is 6.92 Å². The Kier molecular flexibility index (Phi) is 2.09. The maximum absolute atomic E-state index is 10.6. The zero-order chi connectivity index (χ0) is 9.52. The molecule has 1 rings (SSSR count). The maximum atomic E-state index is 10.6. The Hall–Kier alpha value is -0.690. The third-order valence-corrected chi connectivity index (χ3v) is 1.92. The lowest BCUT2D eigenvalue weighted by Crippen LogP contribution is -2.53. The predicted octanol–water partition coefficient (Wildman–Crippen LogP) is -2.70. The molecule has 6 heteroatoms. The molecule has 0 aromatic rings. The van der Waals surface area contributed by atoms with E-state index in [0.717, 1.165) is 0 Å². The summed E-state index contributed by atoms with van der Waals surface area (Å²) < 4.78 is 4.62. The zero-order valence-electron chi connectivity index (χ0n) is 6.47. The minimum Gasteiger partial charge on any atom is -0.387 e. The number of aliphatic hydroxyl groups excluding tert-OH is 2. The summed E-state index contributed by atoms with van der Waals surface area (Å²) in [6, 6.07) is 0. The largest absolute Gasteiger partial charge is 0.387 e. The molecule has 0 bridgehead atoms. The fourth-order valence-corrected chi connectivity index (χ4v) is 1.11. The SMILES string of the molecule is C[C@H]1OC(O)(C(N)=O)[C@H](O)[C@@H]1O. The lowest BCUT2D eigenvalue weighted by atomic mass is 10.1. The van der Waals surface area contributed by atoms with Gasteiger partial charge in [-0.3, -0.25) is 4.79 Å². The molecule has 0 aromatic heterocycles. The van der Waals surface area contributed by atoms with E-state index in [2.05, 4.69) is 4.74 Å². The van der Waals surface area contributed by atoms with Crippen LogP contribution in [0.5, 0.6) is 0 Å². The van der Waals surface area contributed by atoms with Gasteiger partial charge in [0.05, 0.1) is 6.10 Å². The van der Waals surface area contributed by atoms with Gasteiger partial charge in [-0.1, -0.05) is 0 Å². The van der Waals surface area contributed by atoms with Crippen LogP contribution in [0.25, 0.3) is 0 Å². The molecule has 1 saturated heterocycles. The standard InChI is InChI=1S/C6H11NO5/c1-2-3(8)4(9)6(11,12-2)5(7)10/h2-4,8-9,11H,1H3,(H2,7,10)/t2-,3-,4-,6?/m1/s1. The first-order valence-corrected chi connectivity index (χ1v) is 3.46. The van der Waals surface area contributed by atoms with Crippen molar-refractivity contribution in [3.05, 3.63) is 0 Å². The van der Waals surface area contributed by atoms with Gasteiger partial charge in [0.15, 0.2) is 0 Å². The highest BCUT2D eigenvalue weighted by molar-refractivity contribution is 5.82. The molecule has 1 heterocycles. The average molecular weight is 177 g/mol. The van der Waals surface area contributed by atoms with Crippen molar-refractivity contribution in [2.24, 2.45) is 5.73 Å². The molecule has 1 fully saturated rings. The number of nitrogens with two attached hydrogens (primary N) is 1. The van der Waals surface area contributed by atoms with Crippen molar-refractivity contribution in [2.45, 2.75) is 31.0 Å². The fourth-order valence-electron chi connectivity index (χ4n) is 1.11. The first-order chi connectivity index (χ1) is 5.39. The monoisotopic (exact) mass is 177 g/mol. The van der Waals surface area contributed by atoms with Crippen molar-refractivity contribution < 1.29 is 24.9 Å². The normalized spacial score (nSPS) is 47.8. The second-order valence-corrected chi connectivity index (χ2v) is 2.82. The van der Waals surface area contributed by atoms with Crippen molar-refractivity contribution in [1.29, 1.82) is 0 Å². The molecule has 4 atom stereocenters. The third-order valence-electron chi connectivity index (χ3n) is 1.92. The number of hydrogen-bond acceptors (Lipinski definition) is 5. The number of aliphatic hydroxyl groups is 3. The Morgan fingerprint density at radius 3 is 2.25 bits per heavy atom. The van der Waals surface area contributed by atoms with Crippen LogP contribution < -0.4 is 5.73 Å². The van der Waals surface area contributed by atoms with Crippen molar-refractivity contribution in [3.8, 4) is 0 Å². The number of rotatable bonds is 1. The molecule has 1 aliphatic rings. The van der Waals surface area contributed by atoms with E-state index in [9.17, 15) is 9.90 Å². The molecular weight excluding hydrogens is 166 g/mol. The van der Waals surface area contributed by atoms with Crippen molar-refractivity contribution in [3.63, 3.8) is 0 Å². The minimum atomic E-state index is -2.46. The van der Waals surface area contributed by atoms with Crippen LogP contribution in [0.1, 0.15) is 6.92 Å². The lowest BCUT2D eigenvalue weighted by molar-refractivity contribution is -0.219. The molecule has 1 amide bonds. The first-order valence-electron chi connectivity index (χ1n) is 3.46. The van der Waals surface area contributed by atoms with Crippen LogP contribution in [0.4, 0.5) is 0 Å². The van der Waals surface area contributed by atoms with Gasteiger partial charge in [0.2, 0.25) is 0 Å². The molecular formula is C6H11NO5. The second-order valence-electron chi connectivity index (χ2n) is 2.82. The molecule has 0 spiro atoms. The summed E-state index contributed by atoms with van der Waals surface area (Å²) in [5, 5.41) is 27.5. The molecule has 1 aliphatic heterocycles. The van der Waals surface area contributed by atoms with Crippen LogP contribution in [0.3, 0.4) is 0 Å². The van der Waals surface area contributed by atoms with Gasteiger partial charge >= 0.3 is 0 Å². The van der Waals surface area contributed by atoms with Crippen LogP contribution in [0.2, 0.25) is 0 Å². The lowest BCUT2D eigenvalue weighted by Gasteiger charge is -2.21. The summed E-state index contributed by atoms with van der Waals surface area (Å²) in [7, 11) is 0. The van der Waals surface area contributed by atoms with Crippen molar-refractivity contribution in [1.82, 2.24) is 0 Å². The fraction of sp³-hybridized carbons (Fsp3) is 0.833. The smallest absolute Gasteiger partial charge is 0.280 e. The molecule has 0 aliphatic carbocycles. The molecule has 6 nitrogen and oxygen atoms in total. The quantitative estimate of drug-likeness (QED) is 0.348. The molecule has 0 saturated carbocycles. The van der Waals surface area contributed by atoms with Gasteiger partial charge in [-0.2, -0.15) is 0 Å². The Balaban J connectivity index is 2.89. The van der Waals surface area contributed by atoms with Gasteiger partial charge in [0.1, 0.15) is 12.2 Å². The molecule has 12 heavy (non-hydrogen) atoms. The Morgan fingerprint density at radius 1 is 1.58 bits per heavy atom. The zero-order valence-corrected chi connectivity index (χ0v) is 6.47. The van der Waals surface area contributed by atoms with Gasteiger partial charge in [0.25, 0.3) is 11.7 Å². The molecule has 0 radical (unpaired) electrons.